The van der Waals surface area contributed by atoms with Gasteiger partial charge in [-0.1, -0.05) is 60.7 Å². The van der Waals surface area contributed by atoms with Crippen molar-refractivity contribution in [3.05, 3.63) is 95.4 Å². The van der Waals surface area contributed by atoms with Gasteiger partial charge in [-0.05, 0) is 37.1 Å². The Morgan fingerprint density at radius 3 is 1.82 bits per heavy atom. The largest absolute Gasteiger partial charge is 0.462 e. The zero-order valence-electron chi connectivity index (χ0n) is 16.6. The number of aliphatic hydroxyl groups is 1. The predicted molar refractivity (Wildman–Crippen MR) is 111 cm³/mol. The Morgan fingerprint density at radius 1 is 0.821 bits per heavy atom. The molecule has 1 aromatic heterocycles. The Morgan fingerprint density at radius 2 is 1.36 bits per heavy atom. The highest BCUT2D eigenvalue weighted by Crippen LogP contribution is 2.32. The molecule has 1 saturated heterocycles. The quantitative estimate of drug-likeness (QED) is 0.726. The Hall–Kier alpha value is -2.40. The van der Waals surface area contributed by atoms with Crippen LogP contribution in [0.1, 0.15) is 35.6 Å². The van der Waals surface area contributed by atoms with Crippen molar-refractivity contribution >= 4 is 0 Å². The Kier molecular flexibility index (Phi) is 5.36. The first kappa shape index (κ1) is 18.9. The predicted octanol–water partition coefficient (Wildman–Crippen LogP) is 4.16. The molecule has 1 atom stereocenters. The maximum atomic E-state index is 11.1. The van der Waals surface area contributed by atoms with Crippen molar-refractivity contribution in [3.63, 3.8) is 0 Å². The molecule has 0 saturated carbocycles. The van der Waals surface area contributed by atoms with Crippen LogP contribution in [0.2, 0.25) is 0 Å². The number of hydrogen-bond acceptors (Lipinski definition) is 4. The summed E-state index contributed by atoms with van der Waals surface area (Å²) >= 11 is 0. The van der Waals surface area contributed by atoms with Gasteiger partial charge in [0.2, 0.25) is 0 Å². The molecule has 0 amide bonds. The average molecular weight is 377 g/mol. The maximum Gasteiger partial charge on any atom is 0.174 e. The Balaban J connectivity index is 1.54. The molecule has 0 aliphatic carbocycles. The van der Waals surface area contributed by atoms with Crippen LogP contribution in [0.25, 0.3) is 0 Å². The van der Waals surface area contributed by atoms with E-state index in [2.05, 4.69) is 70.5 Å². The lowest BCUT2D eigenvalue weighted by atomic mass is 9.96. The number of rotatable bonds is 5. The van der Waals surface area contributed by atoms with Gasteiger partial charge in [-0.25, -0.2) is 0 Å². The van der Waals surface area contributed by atoms with E-state index in [1.807, 2.05) is 26.0 Å². The van der Waals surface area contributed by atoms with Crippen molar-refractivity contribution in [2.75, 3.05) is 26.2 Å². The lowest BCUT2D eigenvalue weighted by Gasteiger charge is -2.44. The van der Waals surface area contributed by atoms with Crippen molar-refractivity contribution in [2.45, 2.75) is 25.6 Å². The molecule has 1 aliphatic heterocycles. The van der Waals surface area contributed by atoms with E-state index in [0.29, 0.717) is 5.76 Å². The summed E-state index contributed by atoms with van der Waals surface area (Å²) in [5, 5.41) is 11.1. The second-order valence-electron chi connectivity index (χ2n) is 7.68. The topological polar surface area (TPSA) is 39.9 Å². The van der Waals surface area contributed by atoms with Crippen molar-refractivity contribution in [1.82, 2.24) is 9.80 Å². The smallest absolute Gasteiger partial charge is 0.174 e. The number of aryl methyl sites for hydroxylation is 1. The fourth-order valence-electron chi connectivity index (χ4n) is 4.15. The molecule has 0 spiro atoms. The van der Waals surface area contributed by atoms with Crippen LogP contribution in [0.5, 0.6) is 0 Å². The highest BCUT2D eigenvalue weighted by molar-refractivity contribution is 5.32. The van der Waals surface area contributed by atoms with E-state index in [-0.39, 0.29) is 6.04 Å². The fraction of sp³-hybridized carbons (Fsp3) is 0.333. The molecule has 0 bridgehead atoms. The van der Waals surface area contributed by atoms with Gasteiger partial charge in [0, 0.05) is 26.2 Å². The van der Waals surface area contributed by atoms with E-state index in [9.17, 15) is 5.11 Å². The van der Waals surface area contributed by atoms with Gasteiger partial charge < -0.3 is 9.52 Å². The first-order chi connectivity index (χ1) is 13.6. The van der Waals surface area contributed by atoms with Crippen LogP contribution in [-0.4, -0.2) is 41.1 Å². The molecule has 3 aromatic rings. The zero-order valence-corrected chi connectivity index (χ0v) is 16.6. The van der Waals surface area contributed by atoms with Gasteiger partial charge in [0.25, 0.3) is 0 Å². The van der Waals surface area contributed by atoms with E-state index in [0.717, 1.165) is 31.9 Å². The minimum Gasteiger partial charge on any atom is -0.462 e. The van der Waals surface area contributed by atoms with Crippen LogP contribution in [0.15, 0.2) is 77.2 Å². The lowest BCUT2D eigenvalue weighted by molar-refractivity contribution is -0.132. The van der Waals surface area contributed by atoms with Crippen molar-refractivity contribution in [3.8, 4) is 0 Å². The number of piperazine rings is 1. The van der Waals surface area contributed by atoms with E-state index in [1.54, 1.807) is 0 Å². The molecule has 2 heterocycles. The molecular weight excluding hydrogens is 348 g/mol. The molecule has 4 rings (SSSR count). The minimum absolute atomic E-state index is 0.223. The Bertz CT molecular complexity index is 842. The zero-order chi connectivity index (χ0) is 19.6. The summed E-state index contributed by atoms with van der Waals surface area (Å²) in [6, 6.07) is 25.3. The summed E-state index contributed by atoms with van der Waals surface area (Å²) in [7, 11) is 0. The molecule has 1 unspecified atom stereocenters. The first-order valence-electron chi connectivity index (χ1n) is 9.94. The average Bonchev–Trinajstić information content (AvgIpc) is 3.18. The minimum atomic E-state index is -1.09. The number of hydrogen-bond donors (Lipinski definition) is 1. The van der Waals surface area contributed by atoms with E-state index < -0.39 is 5.72 Å². The molecule has 1 aliphatic rings. The maximum absolute atomic E-state index is 11.1. The van der Waals surface area contributed by atoms with Crippen LogP contribution in [0.3, 0.4) is 0 Å². The number of benzene rings is 2. The lowest BCUT2D eigenvalue weighted by Crippen LogP contribution is -2.54. The van der Waals surface area contributed by atoms with Gasteiger partial charge in [-0.15, -0.1) is 0 Å². The summed E-state index contributed by atoms with van der Waals surface area (Å²) in [5.41, 5.74) is 1.51. The van der Waals surface area contributed by atoms with Crippen LogP contribution in [0.4, 0.5) is 0 Å². The fourth-order valence-corrected chi connectivity index (χ4v) is 4.15. The Labute approximate surface area is 167 Å². The third kappa shape index (κ3) is 3.76. The van der Waals surface area contributed by atoms with Crippen LogP contribution in [-0.2, 0) is 5.72 Å². The van der Waals surface area contributed by atoms with Crippen molar-refractivity contribution < 1.29 is 9.52 Å². The van der Waals surface area contributed by atoms with Crippen LogP contribution >= 0.6 is 0 Å². The highest BCUT2D eigenvalue weighted by Gasteiger charge is 2.37. The first-order valence-corrected chi connectivity index (χ1v) is 9.94. The van der Waals surface area contributed by atoms with Crippen LogP contribution < -0.4 is 0 Å². The van der Waals surface area contributed by atoms with E-state index >= 15 is 0 Å². The SMILES string of the molecule is Cc1ccc(C(C)(O)N2CCN(C(c3ccccc3)c3ccccc3)CC2)o1. The van der Waals surface area contributed by atoms with Crippen molar-refractivity contribution in [2.24, 2.45) is 0 Å². The van der Waals surface area contributed by atoms with Gasteiger partial charge in [-0.3, -0.25) is 9.80 Å². The molecule has 4 nitrogen and oxygen atoms in total. The van der Waals surface area contributed by atoms with Crippen LogP contribution in [0, 0.1) is 6.92 Å². The normalized spacial score (nSPS) is 18.3. The monoisotopic (exact) mass is 376 g/mol. The van der Waals surface area contributed by atoms with Crippen molar-refractivity contribution in [1.29, 1.82) is 0 Å². The molecule has 28 heavy (non-hydrogen) atoms. The summed E-state index contributed by atoms with van der Waals surface area (Å²) in [4.78, 5) is 4.61. The summed E-state index contributed by atoms with van der Waals surface area (Å²) in [6.45, 7) is 7.05. The van der Waals surface area contributed by atoms with Gasteiger partial charge in [-0.2, -0.15) is 0 Å². The van der Waals surface area contributed by atoms with Gasteiger partial charge in [0.05, 0.1) is 6.04 Å². The van der Waals surface area contributed by atoms with Gasteiger partial charge in [0.1, 0.15) is 5.76 Å². The van der Waals surface area contributed by atoms with Gasteiger partial charge in [0.15, 0.2) is 11.5 Å². The third-order valence-corrected chi connectivity index (χ3v) is 5.73. The second-order valence-corrected chi connectivity index (χ2v) is 7.68. The number of furan rings is 1. The summed E-state index contributed by atoms with van der Waals surface area (Å²) < 4.78 is 5.71. The van der Waals surface area contributed by atoms with E-state index in [4.69, 9.17) is 4.42 Å². The molecule has 146 valence electrons. The third-order valence-electron chi connectivity index (χ3n) is 5.73. The highest BCUT2D eigenvalue weighted by atomic mass is 16.4. The summed E-state index contributed by atoms with van der Waals surface area (Å²) in [5.74, 6) is 1.43. The van der Waals surface area contributed by atoms with E-state index in [1.165, 1.54) is 11.1 Å². The van der Waals surface area contributed by atoms with Gasteiger partial charge >= 0.3 is 0 Å². The molecule has 2 aromatic carbocycles. The second kappa shape index (κ2) is 7.92. The molecular formula is C24H28N2O2. The number of nitrogens with zero attached hydrogens (tertiary/aromatic N) is 2. The molecule has 4 heteroatoms. The molecule has 1 N–H and O–H groups in total. The summed E-state index contributed by atoms with van der Waals surface area (Å²) in [6.07, 6.45) is 0. The molecule has 1 fully saturated rings. The standard InChI is InChI=1S/C24H28N2O2/c1-19-13-14-22(28-19)24(2,27)26-17-15-25(16-18-26)23(20-9-5-3-6-10-20)21-11-7-4-8-12-21/h3-14,23,27H,15-18H2,1-2H3. The molecule has 0 radical (unpaired) electrons.